The normalized spacial score (nSPS) is 8.62. The molecule has 4 N–H and O–H groups in total. The van der Waals surface area contributed by atoms with Crippen LogP contribution in [0.2, 0.25) is 0 Å². The summed E-state index contributed by atoms with van der Waals surface area (Å²) in [6, 6.07) is 6.63. The summed E-state index contributed by atoms with van der Waals surface area (Å²) < 4.78 is 0. The van der Waals surface area contributed by atoms with Crippen molar-refractivity contribution in [1.29, 1.82) is 0 Å². The third kappa shape index (κ3) is 3.76. The SMILES string of the molecule is Nc1ccn[nH]1.O=c1cccc[nH]1. The van der Waals surface area contributed by atoms with Gasteiger partial charge in [-0.05, 0) is 12.1 Å². The topological polar surface area (TPSA) is 87.6 Å². The maximum Gasteiger partial charge on any atom is 0.247 e. The van der Waals surface area contributed by atoms with Crippen LogP contribution >= 0.6 is 0 Å². The Morgan fingerprint density at radius 1 is 1.31 bits per heavy atom. The zero-order valence-electron chi connectivity index (χ0n) is 6.90. The predicted octanol–water partition coefficient (Wildman–Crippen LogP) is 0.367. The van der Waals surface area contributed by atoms with Gasteiger partial charge in [-0.25, -0.2) is 0 Å². The Morgan fingerprint density at radius 2 is 2.15 bits per heavy atom. The molecule has 0 amide bonds. The minimum atomic E-state index is -0.0532. The zero-order chi connectivity index (χ0) is 9.52. The van der Waals surface area contributed by atoms with Gasteiger partial charge in [-0.2, -0.15) is 5.10 Å². The summed E-state index contributed by atoms with van der Waals surface area (Å²) in [5.74, 6) is 0.606. The first-order chi connectivity index (χ1) is 6.29. The van der Waals surface area contributed by atoms with Gasteiger partial charge in [-0.1, -0.05) is 6.07 Å². The van der Waals surface area contributed by atoms with Gasteiger partial charge in [0.1, 0.15) is 5.82 Å². The molecule has 0 aromatic carbocycles. The summed E-state index contributed by atoms with van der Waals surface area (Å²) in [6.45, 7) is 0. The standard InChI is InChI=1S/C5H5NO.C3H5N3/c7-5-3-1-2-4-6-5;4-3-1-2-5-6-3/h1-4H,(H,6,7);1-2H,(H3,4,5,6). The monoisotopic (exact) mass is 178 g/mol. The van der Waals surface area contributed by atoms with Gasteiger partial charge in [-0.15, -0.1) is 0 Å². The Labute approximate surface area is 74.6 Å². The molecule has 0 bridgehead atoms. The summed E-state index contributed by atoms with van der Waals surface area (Å²) in [4.78, 5) is 12.7. The van der Waals surface area contributed by atoms with Gasteiger partial charge >= 0.3 is 0 Å². The maximum absolute atomic E-state index is 10.2. The summed E-state index contributed by atoms with van der Waals surface area (Å²) in [5.41, 5.74) is 5.11. The highest BCUT2D eigenvalue weighted by Crippen LogP contribution is 1.86. The van der Waals surface area contributed by atoms with Crippen molar-refractivity contribution in [2.45, 2.75) is 0 Å². The molecular formula is C8H10N4O. The lowest BCUT2D eigenvalue weighted by Gasteiger charge is -1.73. The molecule has 2 rings (SSSR count). The fraction of sp³-hybridized carbons (Fsp3) is 0. The minimum Gasteiger partial charge on any atom is -0.384 e. The smallest absolute Gasteiger partial charge is 0.247 e. The molecule has 0 saturated carbocycles. The second-order valence-electron chi connectivity index (χ2n) is 2.24. The average molecular weight is 178 g/mol. The van der Waals surface area contributed by atoms with Crippen LogP contribution in [0.4, 0.5) is 5.82 Å². The fourth-order valence-electron chi connectivity index (χ4n) is 0.644. The van der Waals surface area contributed by atoms with E-state index in [1.54, 1.807) is 30.6 Å². The van der Waals surface area contributed by atoms with Gasteiger partial charge in [0.2, 0.25) is 5.56 Å². The molecule has 13 heavy (non-hydrogen) atoms. The third-order valence-corrected chi connectivity index (χ3v) is 1.20. The van der Waals surface area contributed by atoms with Crippen molar-refractivity contribution in [2.75, 3.05) is 5.73 Å². The number of nitrogens with one attached hydrogen (secondary N) is 2. The molecule has 68 valence electrons. The van der Waals surface area contributed by atoms with Gasteiger partial charge in [0.05, 0.1) is 6.20 Å². The molecule has 0 radical (unpaired) electrons. The number of hydrogen-bond acceptors (Lipinski definition) is 3. The molecule has 5 heteroatoms. The van der Waals surface area contributed by atoms with E-state index in [1.165, 1.54) is 6.07 Å². The number of H-pyrrole nitrogens is 2. The Morgan fingerprint density at radius 3 is 2.38 bits per heavy atom. The first kappa shape index (κ1) is 9.05. The number of anilines is 1. The van der Waals surface area contributed by atoms with Crippen molar-refractivity contribution in [1.82, 2.24) is 15.2 Å². The molecular weight excluding hydrogens is 168 g/mol. The van der Waals surface area contributed by atoms with Gasteiger partial charge in [-0.3, -0.25) is 9.89 Å². The van der Waals surface area contributed by atoms with E-state index in [4.69, 9.17) is 5.73 Å². The highest BCUT2D eigenvalue weighted by Gasteiger charge is 1.74. The molecule has 0 spiro atoms. The summed E-state index contributed by atoms with van der Waals surface area (Å²) >= 11 is 0. The number of aromatic nitrogens is 3. The predicted molar refractivity (Wildman–Crippen MR) is 50.1 cm³/mol. The van der Waals surface area contributed by atoms with Crippen LogP contribution in [0.5, 0.6) is 0 Å². The van der Waals surface area contributed by atoms with Crippen LogP contribution in [0.15, 0.2) is 41.5 Å². The number of aromatic amines is 2. The second-order valence-corrected chi connectivity index (χ2v) is 2.24. The average Bonchev–Trinajstić information content (AvgIpc) is 2.58. The quantitative estimate of drug-likeness (QED) is 0.544. The van der Waals surface area contributed by atoms with Gasteiger partial charge < -0.3 is 10.7 Å². The molecule has 0 saturated heterocycles. The lowest BCUT2D eigenvalue weighted by molar-refractivity contribution is 1.10. The maximum atomic E-state index is 10.2. The Bertz CT molecular complexity index is 362. The first-order valence-corrected chi connectivity index (χ1v) is 3.67. The van der Waals surface area contributed by atoms with E-state index >= 15 is 0 Å². The molecule has 0 aliphatic rings. The molecule has 0 atom stereocenters. The van der Waals surface area contributed by atoms with Crippen molar-refractivity contribution >= 4 is 5.82 Å². The van der Waals surface area contributed by atoms with Crippen LogP contribution in [-0.4, -0.2) is 15.2 Å². The second kappa shape index (κ2) is 4.76. The Hall–Kier alpha value is -2.04. The first-order valence-electron chi connectivity index (χ1n) is 3.67. The fourth-order valence-corrected chi connectivity index (χ4v) is 0.644. The summed E-state index contributed by atoms with van der Waals surface area (Å²) in [7, 11) is 0. The van der Waals surface area contributed by atoms with Crippen LogP contribution in [0.1, 0.15) is 0 Å². The number of nitrogens with two attached hydrogens (primary N) is 1. The highest BCUT2D eigenvalue weighted by molar-refractivity contribution is 5.22. The van der Waals surface area contributed by atoms with E-state index in [9.17, 15) is 4.79 Å². The van der Waals surface area contributed by atoms with E-state index in [2.05, 4.69) is 15.2 Å². The summed E-state index contributed by atoms with van der Waals surface area (Å²) in [5, 5.41) is 6.10. The highest BCUT2D eigenvalue weighted by atomic mass is 16.1. The minimum absolute atomic E-state index is 0.0532. The molecule has 0 unspecified atom stereocenters. The van der Waals surface area contributed by atoms with Crippen LogP contribution < -0.4 is 11.3 Å². The van der Waals surface area contributed by atoms with E-state index in [1.807, 2.05) is 0 Å². The number of rotatable bonds is 0. The van der Waals surface area contributed by atoms with E-state index in [0.29, 0.717) is 5.82 Å². The molecule has 0 aliphatic carbocycles. The Balaban J connectivity index is 0.000000132. The number of pyridine rings is 1. The van der Waals surface area contributed by atoms with Gasteiger partial charge in [0, 0.05) is 12.3 Å². The lowest BCUT2D eigenvalue weighted by atomic mass is 10.5. The number of nitrogens with zero attached hydrogens (tertiary/aromatic N) is 1. The van der Waals surface area contributed by atoms with E-state index in [0.717, 1.165) is 0 Å². The van der Waals surface area contributed by atoms with Crippen molar-refractivity contribution < 1.29 is 0 Å². The van der Waals surface area contributed by atoms with Crippen LogP contribution in [0.25, 0.3) is 0 Å². The van der Waals surface area contributed by atoms with Gasteiger partial charge in [0.25, 0.3) is 0 Å². The molecule has 0 fully saturated rings. The molecule has 2 aromatic rings. The van der Waals surface area contributed by atoms with E-state index in [-0.39, 0.29) is 5.56 Å². The third-order valence-electron chi connectivity index (χ3n) is 1.20. The van der Waals surface area contributed by atoms with E-state index < -0.39 is 0 Å². The molecule has 0 aliphatic heterocycles. The zero-order valence-corrected chi connectivity index (χ0v) is 6.90. The summed E-state index contributed by atoms with van der Waals surface area (Å²) in [6.07, 6.45) is 3.21. The van der Waals surface area contributed by atoms with Crippen molar-refractivity contribution in [2.24, 2.45) is 0 Å². The van der Waals surface area contributed by atoms with Crippen LogP contribution in [0.3, 0.4) is 0 Å². The van der Waals surface area contributed by atoms with Crippen molar-refractivity contribution in [3.05, 3.63) is 47.0 Å². The van der Waals surface area contributed by atoms with Crippen LogP contribution in [-0.2, 0) is 0 Å². The van der Waals surface area contributed by atoms with Crippen LogP contribution in [0, 0.1) is 0 Å². The molecule has 2 aromatic heterocycles. The lowest BCUT2D eigenvalue weighted by Crippen LogP contribution is -1.98. The van der Waals surface area contributed by atoms with Gasteiger partial charge in [0.15, 0.2) is 0 Å². The van der Waals surface area contributed by atoms with Crippen molar-refractivity contribution in [3.63, 3.8) is 0 Å². The Kier molecular flexibility index (Phi) is 3.31. The molecule has 2 heterocycles. The van der Waals surface area contributed by atoms with Crippen molar-refractivity contribution in [3.8, 4) is 0 Å². The number of nitrogen functional groups attached to an aromatic ring is 1. The molecule has 5 nitrogen and oxygen atoms in total. The largest absolute Gasteiger partial charge is 0.384 e. The number of hydrogen-bond donors (Lipinski definition) is 3.